The molecule has 1 aromatic rings. The van der Waals surface area contributed by atoms with E-state index in [-0.39, 0.29) is 11.4 Å². The number of nitrogens with zero attached hydrogens (tertiary/aromatic N) is 1. The largest absolute Gasteiger partial charge is 0.497 e. The van der Waals surface area contributed by atoms with Gasteiger partial charge in [0.25, 0.3) is 5.91 Å². The van der Waals surface area contributed by atoms with Crippen LogP contribution in [0.5, 0.6) is 11.5 Å². The van der Waals surface area contributed by atoms with Crippen molar-refractivity contribution in [3.63, 3.8) is 0 Å². The molecule has 0 radical (unpaired) electrons. The standard InChI is InChI=1S/C18H28N2O3/c1-20(2)18(8-6-5-7-9-18)13-19-17(21)14-10-15(22-3)12-16(11-14)23-4/h10-12H,5-9,13H2,1-4H3,(H,19,21). The molecule has 0 aliphatic heterocycles. The maximum atomic E-state index is 12.5. The summed E-state index contributed by atoms with van der Waals surface area (Å²) in [4.78, 5) is 14.8. The molecule has 1 saturated carbocycles. The summed E-state index contributed by atoms with van der Waals surface area (Å²) < 4.78 is 10.5. The third-order valence-electron chi connectivity index (χ3n) is 4.92. The summed E-state index contributed by atoms with van der Waals surface area (Å²) >= 11 is 0. The molecule has 0 bridgehead atoms. The van der Waals surface area contributed by atoms with Gasteiger partial charge in [0.2, 0.25) is 0 Å². The van der Waals surface area contributed by atoms with Crippen LogP contribution in [0.25, 0.3) is 0 Å². The van der Waals surface area contributed by atoms with Crippen molar-refractivity contribution in [2.45, 2.75) is 37.6 Å². The lowest BCUT2D eigenvalue weighted by Crippen LogP contribution is -2.53. The molecule has 0 unspecified atom stereocenters. The fraction of sp³-hybridized carbons (Fsp3) is 0.611. The minimum absolute atomic E-state index is 0.0663. The van der Waals surface area contributed by atoms with E-state index in [1.54, 1.807) is 32.4 Å². The van der Waals surface area contributed by atoms with Crippen molar-refractivity contribution in [3.8, 4) is 11.5 Å². The second-order valence-electron chi connectivity index (χ2n) is 6.46. The highest BCUT2D eigenvalue weighted by Gasteiger charge is 2.34. The van der Waals surface area contributed by atoms with E-state index < -0.39 is 0 Å². The number of hydrogen-bond acceptors (Lipinski definition) is 4. The van der Waals surface area contributed by atoms with Crippen LogP contribution in [0.4, 0.5) is 0 Å². The molecule has 0 heterocycles. The molecule has 0 saturated heterocycles. The molecule has 23 heavy (non-hydrogen) atoms. The molecule has 1 aliphatic rings. The SMILES string of the molecule is COc1cc(OC)cc(C(=O)NCC2(N(C)C)CCCCC2)c1. The number of carbonyl (C=O) groups is 1. The molecule has 0 spiro atoms. The lowest BCUT2D eigenvalue weighted by atomic mass is 9.80. The first-order valence-electron chi connectivity index (χ1n) is 8.19. The topological polar surface area (TPSA) is 50.8 Å². The van der Waals surface area contributed by atoms with Gasteiger partial charge in [0, 0.05) is 23.7 Å². The lowest BCUT2D eigenvalue weighted by molar-refractivity contribution is 0.0799. The lowest BCUT2D eigenvalue weighted by Gasteiger charge is -2.43. The number of benzene rings is 1. The van der Waals surface area contributed by atoms with Gasteiger partial charge in [-0.05, 0) is 39.1 Å². The average Bonchev–Trinajstić information content (AvgIpc) is 2.59. The third kappa shape index (κ3) is 4.16. The predicted octanol–water partition coefficient (Wildman–Crippen LogP) is 2.70. The van der Waals surface area contributed by atoms with Gasteiger partial charge in [-0.1, -0.05) is 19.3 Å². The van der Waals surface area contributed by atoms with E-state index in [4.69, 9.17) is 9.47 Å². The maximum absolute atomic E-state index is 12.5. The quantitative estimate of drug-likeness (QED) is 0.875. The Morgan fingerprint density at radius 3 is 2.13 bits per heavy atom. The Bertz CT molecular complexity index is 515. The van der Waals surface area contributed by atoms with Crippen LogP contribution in [0.3, 0.4) is 0 Å². The van der Waals surface area contributed by atoms with Gasteiger partial charge in [-0.25, -0.2) is 0 Å². The number of nitrogens with one attached hydrogen (secondary N) is 1. The number of ether oxygens (including phenoxy) is 2. The summed E-state index contributed by atoms with van der Waals surface area (Å²) in [5.41, 5.74) is 0.627. The van der Waals surface area contributed by atoms with Crippen molar-refractivity contribution >= 4 is 5.91 Å². The van der Waals surface area contributed by atoms with E-state index in [1.165, 1.54) is 19.3 Å². The first kappa shape index (κ1) is 17.6. The molecule has 1 N–H and O–H groups in total. The van der Waals surface area contributed by atoms with Gasteiger partial charge in [-0.2, -0.15) is 0 Å². The highest BCUT2D eigenvalue weighted by atomic mass is 16.5. The summed E-state index contributed by atoms with van der Waals surface area (Å²) in [6.45, 7) is 0.665. The Morgan fingerprint density at radius 1 is 1.09 bits per heavy atom. The Balaban J connectivity index is 2.09. The van der Waals surface area contributed by atoms with Gasteiger partial charge in [0.05, 0.1) is 14.2 Å². The van der Waals surface area contributed by atoms with Crippen LogP contribution in [0.15, 0.2) is 18.2 Å². The van der Waals surface area contributed by atoms with Gasteiger partial charge in [0.1, 0.15) is 11.5 Å². The molecule has 1 aliphatic carbocycles. The van der Waals surface area contributed by atoms with Gasteiger partial charge in [-0.15, -0.1) is 0 Å². The van der Waals surface area contributed by atoms with Crippen LogP contribution in [-0.2, 0) is 0 Å². The summed E-state index contributed by atoms with van der Waals surface area (Å²) in [5, 5.41) is 3.10. The summed E-state index contributed by atoms with van der Waals surface area (Å²) in [5.74, 6) is 1.15. The second-order valence-corrected chi connectivity index (χ2v) is 6.46. The average molecular weight is 320 g/mol. The van der Waals surface area contributed by atoms with Gasteiger partial charge in [0.15, 0.2) is 0 Å². The zero-order valence-electron chi connectivity index (χ0n) is 14.6. The molecule has 0 aromatic heterocycles. The third-order valence-corrected chi connectivity index (χ3v) is 4.92. The maximum Gasteiger partial charge on any atom is 0.251 e. The zero-order chi connectivity index (χ0) is 16.9. The van der Waals surface area contributed by atoms with Crippen molar-refractivity contribution in [2.75, 3.05) is 34.9 Å². The molecule has 5 nitrogen and oxygen atoms in total. The number of hydrogen-bond donors (Lipinski definition) is 1. The smallest absolute Gasteiger partial charge is 0.251 e. The Morgan fingerprint density at radius 2 is 1.65 bits per heavy atom. The van der Waals surface area contributed by atoms with E-state index in [9.17, 15) is 4.79 Å². The molecule has 0 atom stereocenters. The molecule has 5 heteroatoms. The Hall–Kier alpha value is -1.75. The predicted molar refractivity (Wildman–Crippen MR) is 91.4 cm³/mol. The summed E-state index contributed by atoms with van der Waals surface area (Å²) in [6.07, 6.45) is 5.99. The fourth-order valence-corrected chi connectivity index (χ4v) is 3.28. The molecule has 1 aromatic carbocycles. The van der Waals surface area contributed by atoms with Crippen LogP contribution in [0.1, 0.15) is 42.5 Å². The molecular weight excluding hydrogens is 292 g/mol. The van der Waals surface area contributed by atoms with E-state index in [0.717, 1.165) is 12.8 Å². The molecule has 128 valence electrons. The number of methoxy groups -OCH3 is 2. The van der Waals surface area contributed by atoms with Crippen molar-refractivity contribution in [3.05, 3.63) is 23.8 Å². The zero-order valence-corrected chi connectivity index (χ0v) is 14.6. The van der Waals surface area contributed by atoms with E-state index in [1.807, 2.05) is 0 Å². The Kier molecular flexibility index (Phi) is 5.88. The minimum atomic E-state index is -0.0889. The number of carbonyl (C=O) groups excluding carboxylic acids is 1. The van der Waals surface area contributed by atoms with Crippen LogP contribution in [0.2, 0.25) is 0 Å². The Labute approximate surface area is 139 Å². The second kappa shape index (κ2) is 7.68. The van der Waals surface area contributed by atoms with E-state index >= 15 is 0 Å². The summed E-state index contributed by atoms with van der Waals surface area (Å²) in [7, 11) is 7.37. The highest BCUT2D eigenvalue weighted by Crippen LogP contribution is 2.31. The van der Waals surface area contributed by atoms with Gasteiger partial charge < -0.3 is 19.7 Å². The van der Waals surface area contributed by atoms with Crippen molar-refractivity contribution < 1.29 is 14.3 Å². The molecular formula is C18H28N2O3. The van der Waals surface area contributed by atoms with Gasteiger partial charge in [-0.3, -0.25) is 4.79 Å². The molecule has 1 fully saturated rings. The first-order valence-corrected chi connectivity index (χ1v) is 8.19. The van der Waals surface area contributed by atoms with Crippen molar-refractivity contribution in [1.29, 1.82) is 0 Å². The highest BCUT2D eigenvalue weighted by molar-refractivity contribution is 5.95. The first-order chi connectivity index (χ1) is 11.0. The van der Waals surface area contributed by atoms with E-state index in [2.05, 4.69) is 24.3 Å². The van der Waals surface area contributed by atoms with Crippen LogP contribution < -0.4 is 14.8 Å². The minimum Gasteiger partial charge on any atom is -0.497 e. The number of rotatable bonds is 6. The van der Waals surface area contributed by atoms with Crippen molar-refractivity contribution in [1.82, 2.24) is 10.2 Å². The number of amides is 1. The van der Waals surface area contributed by atoms with Crippen LogP contribution in [0, 0.1) is 0 Å². The fourth-order valence-electron chi connectivity index (χ4n) is 3.28. The van der Waals surface area contributed by atoms with Gasteiger partial charge >= 0.3 is 0 Å². The van der Waals surface area contributed by atoms with Crippen molar-refractivity contribution in [2.24, 2.45) is 0 Å². The monoisotopic (exact) mass is 320 g/mol. The van der Waals surface area contributed by atoms with Crippen LogP contribution in [-0.4, -0.2) is 51.2 Å². The van der Waals surface area contributed by atoms with E-state index in [0.29, 0.717) is 23.6 Å². The number of likely N-dealkylation sites (N-methyl/N-ethyl adjacent to an activating group) is 1. The molecule has 2 rings (SSSR count). The van der Waals surface area contributed by atoms with Crippen LogP contribution >= 0.6 is 0 Å². The summed E-state index contributed by atoms with van der Waals surface area (Å²) in [6, 6.07) is 5.24. The molecule has 1 amide bonds. The normalized spacial score (nSPS) is 16.9.